The predicted octanol–water partition coefficient (Wildman–Crippen LogP) is 2.86. The van der Waals surface area contributed by atoms with Gasteiger partial charge in [0.1, 0.15) is 5.54 Å². The number of carbonyl (C=O) groups excluding carboxylic acids is 1. The zero-order valence-electron chi connectivity index (χ0n) is 11.0. The van der Waals surface area contributed by atoms with E-state index >= 15 is 0 Å². The number of hydrogen-bond donors (Lipinski definition) is 3. The lowest BCUT2D eigenvalue weighted by atomic mass is 9.90. The van der Waals surface area contributed by atoms with Crippen LogP contribution in [0.3, 0.4) is 0 Å². The van der Waals surface area contributed by atoms with Crippen molar-refractivity contribution in [1.29, 1.82) is 0 Å². The summed E-state index contributed by atoms with van der Waals surface area (Å²) in [5.74, 6) is -1.07. The van der Waals surface area contributed by atoms with E-state index in [2.05, 4.69) is 26.6 Å². The monoisotopic (exact) mass is 376 g/mol. The van der Waals surface area contributed by atoms with E-state index < -0.39 is 17.5 Å². The number of rotatable bonds is 3. The number of aliphatic carboxylic acids is 1. The van der Waals surface area contributed by atoms with E-state index in [1.54, 1.807) is 18.2 Å². The number of hydrogen-bond acceptors (Lipinski definition) is 3. The van der Waals surface area contributed by atoms with Crippen LogP contribution in [0.4, 0.5) is 10.5 Å². The first-order valence-electron chi connectivity index (χ1n) is 6.28. The van der Waals surface area contributed by atoms with Gasteiger partial charge in [-0.15, -0.1) is 0 Å². The lowest BCUT2D eigenvalue weighted by Gasteiger charge is -2.33. The minimum atomic E-state index is -1.30. The molecule has 8 heteroatoms. The van der Waals surface area contributed by atoms with E-state index in [1.165, 1.54) is 0 Å². The van der Waals surface area contributed by atoms with Crippen LogP contribution in [0.25, 0.3) is 0 Å². The molecule has 6 nitrogen and oxygen atoms in total. The lowest BCUT2D eigenvalue weighted by molar-refractivity contribution is -0.148. The van der Waals surface area contributed by atoms with Gasteiger partial charge in [-0.3, -0.25) is 0 Å². The standard InChI is InChI=1S/C13H14BrClN2O4/c14-8-1-2-9(15)10(7-8)16-12(20)17-13(11(18)19)3-5-21-6-4-13/h1-2,7H,3-6H2,(H,18,19)(H2,16,17,20). The quantitative estimate of drug-likeness (QED) is 0.756. The van der Waals surface area contributed by atoms with Crippen LogP contribution in [0.1, 0.15) is 12.8 Å². The highest BCUT2D eigenvalue weighted by Crippen LogP contribution is 2.26. The summed E-state index contributed by atoms with van der Waals surface area (Å²) in [6.45, 7) is 0.592. The number of anilines is 1. The van der Waals surface area contributed by atoms with Crippen molar-refractivity contribution in [1.82, 2.24) is 5.32 Å². The molecule has 0 unspecified atom stereocenters. The second kappa shape index (κ2) is 6.64. The Morgan fingerprint density at radius 2 is 2.00 bits per heavy atom. The topological polar surface area (TPSA) is 87.7 Å². The highest BCUT2D eigenvalue weighted by Gasteiger charge is 2.41. The smallest absolute Gasteiger partial charge is 0.329 e. The molecule has 0 bridgehead atoms. The SMILES string of the molecule is O=C(Nc1cc(Br)ccc1Cl)NC1(C(=O)O)CCOCC1. The summed E-state index contributed by atoms with van der Waals surface area (Å²) in [7, 11) is 0. The third kappa shape index (κ3) is 3.87. The molecule has 1 aromatic rings. The third-order valence-electron chi connectivity index (χ3n) is 3.29. The number of ether oxygens (including phenoxy) is 1. The van der Waals surface area contributed by atoms with E-state index in [4.69, 9.17) is 16.3 Å². The summed E-state index contributed by atoms with van der Waals surface area (Å²) in [6.07, 6.45) is 0.448. The number of carboxylic acids is 1. The Bertz CT molecular complexity index is 561. The molecule has 114 valence electrons. The van der Waals surface area contributed by atoms with E-state index in [0.717, 1.165) is 4.47 Å². The van der Waals surface area contributed by atoms with Gasteiger partial charge in [0.15, 0.2) is 0 Å². The van der Waals surface area contributed by atoms with Gasteiger partial charge >= 0.3 is 12.0 Å². The minimum absolute atomic E-state index is 0.224. The molecule has 1 aromatic carbocycles. The van der Waals surface area contributed by atoms with E-state index in [9.17, 15) is 14.7 Å². The van der Waals surface area contributed by atoms with Crippen molar-refractivity contribution in [2.75, 3.05) is 18.5 Å². The van der Waals surface area contributed by atoms with Crippen molar-refractivity contribution in [3.05, 3.63) is 27.7 Å². The molecule has 0 atom stereocenters. The maximum absolute atomic E-state index is 12.1. The average molecular weight is 378 g/mol. The molecule has 3 N–H and O–H groups in total. The molecule has 1 heterocycles. The summed E-state index contributed by atoms with van der Waals surface area (Å²) in [5, 5.41) is 14.8. The molecule has 2 amide bonds. The number of halogens is 2. The maximum atomic E-state index is 12.1. The second-order valence-electron chi connectivity index (χ2n) is 4.70. The van der Waals surface area contributed by atoms with Crippen LogP contribution in [-0.4, -0.2) is 35.9 Å². The number of urea groups is 1. The molecule has 0 aromatic heterocycles. The largest absolute Gasteiger partial charge is 0.480 e. The van der Waals surface area contributed by atoms with Crippen LogP contribution in [-0.2, 0) is 9.53 Å². The number of nitrogens with one attached hydrogen (secondary N) is 2. The minimum Gasteiger partial charge on any atom is -0.480 e. The van der Waals surface area contributed by atoms with E-state index in [0.29, 0.717) is 23.9 Å². The lowest BCUT2D eigenvalue weighted by Crippen LogP contribution is -2.58. The molecule has 1 aliphatic rings. The highest BCUT2D eigenvalue weighted by molar-refractivity contribution is 9.10. The molecule has 0 radical (unpaired) electrons. The fourth-order valence-corrected chi connectivity index (χ4v) is 2.60. The average Bonchev–Trinajstić information content (AvgIpc) is 2.43. The Morgan fingerprint density at radius 1 is 1.33 bits per heavy atom. The first-order valence-corrected chi connectivity index (χ1v) is 7.45. The van der Waals surface area contributed by atoms with Crippen LogP contribution in [0.5, 0.6) is 0 Å². The molecule has 1 saturated heterocycles. The van der Waals surface area contributed by atoms with Gasteiger partial charge in [0.25, 0.3) is 0 Å². The van der Waals surface area contributed by atoms with Crippen molar-refractivity contribution in [2.45, 2.75) is 18.4 Å². The molecule has 2 rings (SSSR count). The number of carboxylic acid groups (broad SMARTS) is 1. The van der Waals surface area contributed by atoms with Crippen molar-refractivity contribution in [3.63, 3.8) is 0 Å². The molecular weight excluding hydrogens is 364 g/mol. The second-order valence-corrected chi connectivity index (χ2v) is 6.03. The maximum Gasteiger partial charge on any atom is 0.329 e. The van der Waals surface area contributed by atoms with Crippen molar-refractivity contribution in [2.24, 2.45) is 0 Å². The van der Waals surface area contributed by atoms with Crippen molar-refractivity contribution < 1.29 is 19.4 Å². The predicted molar refractivity (Wildman–Crippen MR) is 81.7 cm³/mol. The summed E-state index contributed by atoms with van der Waals surface area (Å²) in [4.78, 5) is 23.5. The van der Waals surface area contributed by atoms with Crippen LogP contribution in [0.15, 0.2) is 22.7 Å². The third-order valence-corrected chi connectivity index (χ3v) is 4.11. The summed E-state index contributed by atoms with van der Waals surface area (Å²) in [5.41, 5.74) is -0.906. The number of amides is 2. The molecule has 0 saturated carbocycles. The Labute approximate surface area is 134 Å². The van der Waals surface area contributed by atoms with Gasteiger partial charge in [-0.25, -0.2) is 9.59 Å². The van der Waals surface area contributed by atoms with Crippen LogP contribution in [0.2, 0.25) is 5.02 Å². The fourth-order valence-electron chi connectivity index (χ4n) is 2.08. The first kappa shape index (κ1) is 16.1. The van der Waals surface area contributed by atoms with Gasteiger partial charge in [-0.2, -0.15) is 0 Å². The number of benzene rings is 1. The highest BCUT2D eigenvalue weighted by atomic mass is 79.9. The summed E-state index contributed by atoms with van der Waals surface area (Å²) in [6, 6.07) is 4.39. The Morgan fingerprint density at radius 3 is 2.62 bits per heavy atom. The molecule has 1 aliphatic heterocycles. The molecular formula is C13H14BrClN2O4. The van der Waals surface area contributed by atoms with Crippen LogP contribution in [0, 0.1) is 0 Å². The van der Waals surface area contributed by atoms with E-state index in [-0.39, 0.29) is 12.8 Å². The van der Waals surface area contributed by atoms with E-state index in [1.807, 2.05) is 0 Å². The fraction of sp³-hybridized carbons (Fsp3) is 0.385. The van der Waals surface area contributed by atoms with Crippen LogP contribution < -0.4 is 10.6 Å². The van der Waals surface area contributed by atoms with Gasteiger partial charge in [0.2, 0.25) is 0 Å². The summed E-state index contributed by atoms with van der Waals surface area (Å²) < 4.78 is 5.90. The van der Waals surface area contributed by atoms with Gasteiger partial charge in [0.05, 0.1) is 10.7 Å². The molecule has 0 spiro atoms. The Hall–Kier alpha value is -1.31. The molecule has 1 fully saturated rings. The zero-order chi connectivity index (χ0) is 15.5. The zero-order valence-corrected chi connectivity index (χ0v) is 13.3. The van der Waals surface area contributed by atoms with Gasteiger partial charge in [0, 0.05) is 30.5 Å². The van der Waals surface area contributed by atoms with Crippen molar-refractivity contribution in [3.8, 4) is 0 Å². The molecule has 21 heavy (non-hydrogen) atoms. The first-order chi connectivity index (χ1) is 9.93. The van der Waals surface area contributed by atoms with Gasteiger partial charge in [-0.05, 0) is 18.2 Å². The normalized spacial score (nSPS) is 17.0. The van der Waals surface area contributed by atoms with Crippen molar-refractivity contribution >= 4 is 45.2 Å². The number of carbonyl (C=O) groups is 2. The molecule has 0 aliphatic carbocycles. The van der Waals surface area contributed by atoms with Gasteiger partial charge < -0.3 is 20.5 Å². The summed E-state index contributed by atoms with van der Waals surface area (Å²) >= 11 is 9.26. The van der Waals surface area contributed by atoms with Crippen LogP contribution >= 0.6 is 27.5 Å². The Balaban J connectivity index is 2.09. The Kier molecular flexibility index (Phi) is 5.08. The van der Waals surface area contributed by atoms with Gasteiger partial charge in [-0.1, -0.05) is 27.5 Å².